The summed E-state index contributed by atoms with van der Waals surface area (Å²) in [6, 6.07) is 26.0. The molecule has 4 aromatic carbocycles. The van der Waals surface area contributed by atoms with Gasteiger partial charge in [0.2, 0.25) is 5.91 Å². The van der Waals surface area contributed by atoms with Crippen molar-refractivity contribution < 1.29 is 23.9 Å². The van der Waals surface area contributed by atoms with Crippen LogP contribution in [0.2, 0.25) is 10.0 Å². The lowest BCUT2D eigenvalue weighted by Gasteiger charge is -2.15. The van der Waals surface area contributed by atoms with Gasteiger partial charge >= 0.3 is 0 Å². The molecule has 1 atom stereocenters. The zero-order valence-corrected chi connectivity index (χ0v) is 30.3. The molecule has 1 unspecified atom stereocenters. The van der Waals surface area contributed by atoms with Gasteiger partial charge in [0.25, 0.3) is 11.8 Å². The van der Waals surface area contributed by atoms with Gasteiger partial charge < -0.3 is 25.4 Å². The lowest BCUT2D eigenvalue weighted by Crippen LogP contribution is -2.30. The Labute approximate surface area is 308 Å². The van der Waals surface area contributed by atoms with Crippen LogP contribution in [0.15, 0.2) is 107 Å². The molecule has 0 bridgehead atoms. The maximum Gasteiger partial charge on any atom is 0.272 e. The molecule has 0 fully saturated rings. The highest BCUT2D eigenvalue weighted by atomic mass is 35.5. The maximum atomic E-state index is 13.7. The standard InChI is InChI=1S/C37H32Cl2N4O5S2/c1-4-33(36(46)43-37-42-31(21-49-37)28-15-13-24(38)19-29(28)39)50-27-12-8-11-25(20-27)40-35(45)30(41-34(44)22-9-6-5-7-10-22)18-23-17-26(47-2)14-16-32(23)48-3/h5-21,33H,4H2,1-3H3,(H,40,45)(H,41,44)(H,42,43,46)/b30-18+. The van der Waals surface area contributed by atoms with Crippen LogP contribution in [0, 0.1) is 0 Å². The molecule has 0 radical (unpaired) electrons. The van der Waals surface area contributed by atoms with Crippen molar-refractivity contribution in [2.75, 3.05) is 24.9 Å². The van der Waals surface area contributed by atoms with Crippen molar-refractivity contribution in [2.24, 2.45) is 0 Å². The van der Waals surface area contributed by atoms with Gasteiger partial charge in [-0.05, 0) is 79.2 Å². The number of hydrogen-bond acceptors (Lipinski definition) is 8. The first-order valence-corrected chi connectivity index (χ1v) is 17.8. The van der Waals surface area contributed by atoms with Crippen LogP contribution in [-0.4, -0.2) is 42.2 Å². The Balaban J connectivity index is 1.32. The van der Waals surface area contributed by atoms with Gasteiger partial charge in [-0.15, -0.1) is 23.1 Å². The summed E-state index contributed by atoms with van der Waals surface area (Å²) in [5.74, 6) is -0.206. The fourth-order valence-corrected chi connectivity index (χ4v) is 6.95. The third-order valence-electron chi connectivity index (χ3n) is 7.24. The minimum absolute atomic E-state index is 0.0167. The van der Waals surface area contributed by atoms with E-state index >= 15 is 0 Å². The Morgan fingerprint density at radius 2 is 1.72 bits per heavy atom. The fourth-order valence-electron chi connectivity index (χ4n) is 4.72. The number of thiazole rings is 1. The number of carbonyl (C=O) groups excluding carboxylic acids is 3. The van der Waals surface area contributed by atoms with E-state index < -0.39 is 17.1 Å². The first kappa shape index (κ1) is 36.5. The monoisotopic (exact) mass is 746 g/mol. The second kappa shape index (κ2) is 17.2. The number of nitrogens with zero attached hydrogens (tertiary/aromatic N) is 1. The number of anilines is 2. The number of carbonyl (C=O) groups is 3. The molecule has 0 saturated heterocycles. The highest BCUT2D eigenvalue weighted by Crippen LogP contribution is 2.34. The average Bonchev–Trinajstić information content (AvgIpc) is 3.58. The van der Waals surface area contributed by atoms with Gasteiger partial charge in [0.1, 0.15) is 17.2 Å². The topological polar surface area (TPSA) is 119 Å². The number of benzene rings is 4. The van der Waals surface area contributed by atoms with Gasteiger partial charge in [-0.2, -0.15) is 0 Å². The van der Waals surface area contributed by atoms with E-state index in [1.807, 2.05) is 18.4 Å². The third kappa shape index (κ3) is 9.45. The summed E-state index contributed by atoms with van der Waals surface area (Å²) in [5.41, 5.74) is 2.71. The lowest BCUT2D eigenvalue weighted by atomic mass is 10.1. The number of hydrogen-bond donors (Lipinski definition) is 3. The molecule has 1 heterocycles. The molecule has 13 heteroatoms. The molecule has 0 spiro atoms. The fraction of sp³-hybridized carbons (Fsp3) is 0.135. The predicted octanol–water partition coefficient (Wildman–Crippen LogP) is 9.05. The number of nitrogens with one attached hydrogen (secondary N) is 3. The minimum Gasteiger partial charge on any atom is -0.497 e. The van der Waals surface area contributed by atoms with E-state index in [2.05, 4.69) is 20.9 Å². The van der Waals surface area contributed by atoms with E-state index in [4.69, 9.17) is 32.7 Å². The number of halogens is 2. The molecule has 0 aliphatic carbocycles. The zero-order valence-electron chi connectivity index (χ0n) is 27.2. The summed E-state index contributed by atoms with van der Waals surface area (Å²) in [7, 11) is 3.05. The van der Waals surface area contributed by atoms with Crippen LogP contribution in [0.3, 0.4) is 0 Å². The molecule has 0 saturated carbocycles. The van der Waals surface area contributed by atoms with Gasteiger partial charge in [-0.1, -0.05) is 54.4 Å². The first-order valence-electron chi connectivity index (χ1n) is 15.3. The SMILES string of the molecule is CCC(Sc1cccc(NC(=O)/C(=C\c2cc(OC)ccc2OC)NC(=O)c2ccccc2)c1)C(=O)Nc1nc(-c2ccc(Cl)cc2Cl)cs1. The number of rotatable bonds is 13. The van der Waals surface area contributed by atoms with Crippen molar-refractivity contribution in [3.05, 3.63) is 123 Å². The molecule has 256 valence electrons. The molecule has 9 nitrogen and oxygen atoms in total. The second-order valence-electron chi connectivity index (χ2n) is 10.6. The predicted molar refractivity (Wildman–Crippen MR) is 203 cm³/mol. The Kier molecular flexibility index (Phi) is 12.6. The van der Waals surface area contributed by atoms with Crippen molar-refractivity contribution in [1.29, 1.82) is 0 Å². The normalized spacial score (nSPS) is 11.7. The smallest absolute Gasteiger partial charge is 0.272 e. The van der Waals surface area contributed by atoms with E-state index in [1.54, 1.807) is 84.9 Å². The van der Waals surface area contributed by atoms with E-state index in [0.29, 0.717) is 61.2 Å². The van der Waals surface area contributed by atoms with Gasteiger partial charge in [-0.25, -0.2) is 4.98 Å². The van der Waals surface area contributed by atoms with E-state index in [0.717, 1.165) is 4.90 Å². The summed E-state index contributed by atoms with van der Waals surface area (Å²) in [6.45, 7) is 1.92. The first-order chi connectivity index (χ1) is 24.2. The third-order valence-corrected chi connectivity index (χ3v) is 9.90. The van der Waals surface area contributed by atoms with Crippen LogP contribution in [0.25, 0.3) is 17.3 Å². The second-order valence-corrected chi connectivity index (χ2v) is 13.6. The summed E-state index contributed by atoms with van der Waals surface area (Å²) < 4.78 is 10.8. The molecule has 5 aromatic rings. The summed E-state index contributed by atoms with van der Waals surface area (Å²) in [4.78, 5) is 45.5. The largest absolute Gasteiger partial charge is 0.497 e. The quantitative estimate of drug-likeness (QED) is 0.0813. The van der Waals surface area contributed by atoms with Crippen molar-refractivity contribution in [3.63, 3.8) is 0 Å². The van der Waals surface area contributed by atoms with Gasteiger partial charge in [-0.3, -0.25) is 14.4 Å². The number of ether oxygens (including phenoxy) is 2. The highest BCUT2D eigenvalue weighted by Gasteiger charge is 2.21. The van der Waals surface area contributed by atoms with E-state index in [1.165, 1.54) is 43.4 Å². The molecular weight excluding hydrogens is 715 g/mol. The summed E-state index contributed by atoms with van der Waals surface area (Å²) in [5, 5.41) is 11.3. The Morgan fingerprint density at radius 1 is 0.920 bits per heavy atom. The van der Waals surface area contributed by atoms with Crippen LogP contribution < -0.4 is 25.4 Å². The average molecular weight is 748 g/mol. The minimum atomic E-state index is -0.563. The Bertz CT molecular complexity index is 2040. The van der Waals surface area contributed by atoms with Crippen LogP contribution in [0.4, 0.5) is 10.8 Å². The van der Waals surface area contributed by atoms with Crippen LogP contribution in [0.5, 0.6) is 11.5 Å². The Morgan fingerprint density at radius 3 is 2.44 bits per heavy atom. The van der Waals surface area contributed by atoms with Crippen molar-refractivity contribution in [2.45, 2.75) is 23.5 Å². The Hall–Kier alpha value is -4.81. The van der Waals surface area contributed by atoms with E-state index in [9.17, 15) is 14.4 Å². The summed E-state index contributed by atoms with van der Waals surface area (Å²) in [6.07, 6.45) is 2.06. The van der Waals surface area contributed by atoms with E-state index in [-0.39, 0.29) is 11.6 Å². The number of thioether (sulfide) groups is 1. The molecule has 5 rings (SSSR count). The maximum absolute atomic E-state index is 13.7. The zero-order chi connectivity index (χ0) is 35.6. The van der Waals surface area contributed by atoms with Crippen molar-refractivity contribution >= 4 is 80.9 Å². The number of methoxy groups -OCH3 is 2. The molecule has 3 N–H and O–H groups in total. The molecule has 0 aliphatic heterocycles. The van der Waals surface area contributed by atoms with Crippen molar-refractivity contribution in [3.8, 4) is 22.8 Å². The summed E-state index contributed by atoms with van der Waals surface area (Å²) >= 11 is 15.0. The molecule has 0 aliphatic rings. The van der Waals surface area contributed by atoms with Gasteiger partial charge in [0.05, 0.1) is 30.2 Å². The van der Waals surface area contributed by atoms with Crippen LogP contribution in [-0.2, 0) is 9.59 Å². The van der Waals surface area contributed by atoms with Crippen LogP contribution in [0.1, 0.15) is 29.3 Å². The van der Waals surface area contributed by atoms with Gasteiger partial charge in [0, 0.05) is 37.7 Å². The number of aromatic nitrogens is 1. The molecule has 50 heavy (non-hydrogen) atoms. The number of amides is 3. The van der Waals surface area contributed by atoms with Crippen molar-refractivity contribution in [1.82, 2.24) is 10.3 Å². The van der Waals surface area contributed by atoms with Crippen LogP contribution >= 0.6 is 46.3 Å². The lowest BCUT2D eigenvalue weighted by molar-refractivity contribution is -0.116. The molecule has 1 aromatic heterocycles. The molecule has 3 amide bonds. The molecular formula is C37H32Cl2N4O5S2. The highest BCUT2D eigenvalue weighted by molar-refractivity contribution is 8.00. The van der Waals surface area contributed by atoms with Gasteiger partial charge in [0.15, 0.2) is 5.13 Å².